The number of amides is 1. The van der Waals surface area contributed by atoms with Crippen molar-refractivity contribution in [2.24, 2.45) is 5.73 Å². The van der Waals surface area contributed by atoms with Crippen molar-refractivity contribution in [3.63, 3.8) is 0 Å². The number of nitrogens with two attached hydrogens (primary N) is 1. The standard InChI is InChI=1S/C14H22N2O2/c1-4-18-14-8-7-12(6-5-10(2)15)9-13(14)16-11(3)17/h7-10H,4-6,15H2,1-3H3,(H,16,17). The maximum absolute atomic E-state index is 11.2. The van der Waals surface area contributed by atoms with Crippen molar-refractivity contribution in [1.29, 1.82) is 0 Å². The summed E-state index contributed by atoms with van der Waals surface area (Å²) in [4.78, 5) is 11.2. The monoisotopic (exact) mass is 250 g/mol. The molecule has 1 aromatic carbocycles. The van der Waals surface area contributed by atoms with Crippen LogP contribution in [0.5, 0.6) is 5.75 Å². The molecule has 0 saturated heterocycles. The number of ether oxygens (including phenoxy) is 1. The maximum Gasteiger partial charge on any atom is 0.221 e. The van der Waals surface area contributed by atoms with Gasteiger partial charge < -0.3 is 15.8 Å². The van der Waals surface area contributed by atoms with Gasteiger partial charge in [-0.05, 0) is 44.4 Å². The topological polar surface area (TPSA) is 64.3 Å². The summed E-state index contributed by atoms with van der Waals surface area (Å²) in [5, 5.41) is 2.79. The highest BCUT2D eigenvalue weighted by Crippen LogP contribution is 2.26. The van der Waals surface area contributed by atoms with Gasteiger partial charge >= 0.3 is 0 Å². The Morgan fingerprint density at radius 1 is 1.50 bits per heavy atom. The number of carbonyl (C=O) groups excluding carboxylic acids is 1. The minimum absolute atomic E-state index is 0.0969. The van der Waals surface area contributed by atoms with E-state index in [9.17, 15) is 4.79 Å². The Morgan fingerprint density at radius 2 is 2.22 bits per heavy atom. The molecule has 1 aromatic rings. The summed E-state index contributed by atoms with van der Waals surface area (Å²) < 4.78 is 5.48. The highest BCUT2D eigenvalue weighted by molar-refractivity contribution is 5.90. The second-order valence-electron chi connectivity index (χ2n) is 4.46. The van der Waals surface area contributed by atoms with Crippen LogP contribution in [0.1, 0.15) is 32.8 Å². The minimum Gasteiger partial charge on any atom is -0.492 e. The SMILES string of the molecule is CCOc1ccc(CCC(C)N)cc1NC(C)=O. The van der Waals surface area contributed by atoms with Crippen molar-refractivity contribution >= 4 is 11.6 Å². The number of hydrogen-bond donors (Lipinski definition) is 2. The van der Waals surface area contributed by atoms with Crippen LogP contribution in [0.3, 0.4) is 0 Å². The van der Waals surface area contributed by atoms with Crippen LogP contribution in [0.25, 0.3) is 0 Å². The van der Waals surface area contributed by atoms with Gasteiger partial charge in [-0.25, -0.2) is 0 Å². The number of rotatable bonds is 6. The van der Waals surface area contributed by atoms with Gasteiger partial charge in [0.15, 0.2) is 0 Å². The van der Waals surface area contributed by atoms with Gasteiger partial charge in [0.2, 0.25) is 5.91 Å². The smallest absolute Gasteiger partial charge is 0.221 e. The Hall–Kier alpha value is -1.55. The summed E-state index contributed by atoms with van der Waals surface area (Å²) in [6.07, 6.45) is 1.82. The van der Waals surface area contributed by atoms with E-state index >= 15 is 0 Å². The van der Waals surface area contributed by atoms with Crippen LogP contribution in [-0.4, -0.2) is 18.6 Å². The minimum atomic E-state index is -0.0969. The van der Waals surface area contributed by atoms with Gasteiger partial charge in [-0.1, -0.05) is 6.07 Å². The highest BCUT2D eigenvalue weighted by atomic mass is 16.5. The summed E-state index contributed by atoms with van der Waals surface area (Å²) in [5.74, 6) is 0.609. The van der Waals surface area contributed by atoms with E-state index < -0.39 is 0 Å². The zero-order valence-electron chi connectivity index (χ0n) is 11.3. The van der Waals surface area contributed by atoms with Crippen LogP contribution < -0.4 is 15.8 Å². The summed E-state index contributed by atoms with van der Waals surface area (Å²) in [6.45, 7) is 5.97. The lowest BCUT2D eigenvalue weighted by molar-refractivity contribution is -0.114. The first-order valence-electron chi connectivity index (χ1n) is 6.31. The lowest BCUT2D eigenvalue weighted by Crippen LogP contribution is -2.15. The fraction of sp³-hybridized carbons (Fsp3) is 0.500. The van der Waals surface area contributed by atoms with E-state index in [4.69, 9.17) is 10.5 Å². The molecule has 0 aliphatic carbocycles. The molecule has 4 nitrogen and oxygen atoms in total. The second kappa shape index (κ2) is 7.01. The Labute approximate surface area is 109 Å². The van der Waals surface area contributed by atoms with Gasteiger partial charge in [0.1, 0.15) is 5.75 Å². The Bertz CT molecular complexity index is 403. The normalized spacial score (nSPS) is 12.0. The number of benzene rings is 1. The molecule has 3 N–H and O–H groups in total. The van der Waals surface area contributed by atoms with Gasteiger partial charge in [0.25, 0.3) is 0 Å². The molecule has 0 heterocycles. The first kappa shape index (κ1) is 14.5. The van der Waals surface area contributed by atoms with E-state index in [0.717, 1.165) is 24.1 Å². The fourth-order valence-electron chi connectivity index (χ4n) is 1.70. The van der Waals surface area contributed by atoms with Gasteiger partial charge in [0, 0.05) is 13.0 Å². The summed E-state index contributed by atoms with van der Waals surface area (Å²) >= 11 is 0. The second-order valence-corrected chi connectivity index (χ2v) is 4.46. The van der Waals surface area contributed by atoms with Crippen LogP contribution in [0.2, 0.25) is 0 Å². The lowest BCUT2D eigenvalue weighted by Gasteiger charge is -2.13. The first-order valence-corrected chi connectivity index (χ1v) is 6.31. The molecule has 4 heteroatoms. The molecule has 1 unspecified atom stereocenters. The van der Waals surface area contributed by atoms with Gasteiger partial charge in [-0.3, -0.25) is 4.79 Å². The van der Waals surface area contributed by atoms with E-state index in [0.29, 0.717) is 12.4 Å². The largest absolute Gasteiger partial charge is 0.492 e. The molecule has 1 atom stereocenters. The Kier molecular flexibility index (Phi) is 5.65. The quantitative estimate of drug-likeness (QED) is 0.814. The van der Waals surface area contributed by atoms with Crippen molar-refractivity contribution in [3.05, 3.63) is 23.8 Å². The van der Waals surface area contributed by atoms with E-state index in [-0.39, 0.29) is 11.9 Å². The molecule has 18 heavy (non-hydrogen) atoms. The predicted octanol–water partition coefficient (Wildman–Crippen LogP) is 2.32. The molecule has 0 bridgehead atoms. The van der Waals surface area contributed by atoms with Crippen molar-refractivity contribution in [3.8, 4) is 5.75 Å². The summed E-state index contributed by atoms with van der Waals surface area (Å²) in [6, 6.07) is 6.04. The Balaban J connectivity index is 2.86. The molecule has 0 aromatic heterocycles. The average Bonchev–Trinajstić information content (AvgIpc) is 2.29. The first-order chi connectivity index (χ1) is 8.52. The number of hydrogen-bond acceptors (Lipinski definition) is 3. The van der Waals surface area contributed by atoms with Gasteiger partial charge in [-0.2, -0.15) is 0 Å². The molecule has 1 rings (SSSR count). The van der Waals surface area contributed by atoms with Crippen LogP contribution in [0.4, 0.5) is 5.69 Å². The van der Waals surface area contributed by atoms with Crippen LogP contribution in [0.15, 0.2) is 18.2 Å². The summed E-state index contributed by atoms with van der Waals surface area (Å²) in [5.41, 5.74) is 7.62. The van der Waals surface area contributed by atoms with E-state index in [1.807, 2.05) is 32.0 Å². The van der Waals surface area contributed by atoms with E-state index in [1.165, 1.54) is 6.92 Å². The highest BCUT2D eigenvalue weighted by Gasteiger charge is 2.07. The Morgan fingerprint density at radius 3 is 2.78 bits per heavy atom. The molecule has 0 fully saturated rings. The summed E-state index contributed by atoms with van der Waals surface area (Å²) in [7, 11) is 0. The third-order valence-corrected chi connectivity index (χ3v) is 2.54. The van der Waals surface area contributed by atoms with E-state index in [1.54, 1.807) is 0 Å². The van der Waals surface area contributed by atoms with Crippen molar-refractivity contribution < 1.29 is 9.53 Å². The zero-order chi connectivity index (χ0) is 13.5. The van der Waals surface area contributed by atoms with Crippen LogP contribution in [-0.2, 0) is 11.2 Å². The fourth-order valence-corrected chi connectivity index (χ4v) is 1.70. The van der Waals surface area contributed by atoms with Crippen molar-refractivity contribution in [2.45, 2.75) is 39.7 Å². The molecule has 0 saturated carbocycles. The van der Waals surface area contributed by atoms with Crippen molar-refractivity contribution in [1.82, 2.24) is 0 Å². The molecular weight excluding hydrogens is 228 g/mol. The van der Waals surface area contributed by atoms with Gasteiger partial charge in [0.05, 0.1) is 12.3 Å². The van der Waals surface area contributed by atoms with Crippen LogP contribution >= 0.6 is 0 Å². The third-order valence-electron chi connectivity index (χ3n) is 2.54. The van der Waals surface area contributed by atoms with Crippen LogP contribution in [0, 0.1) is 0 Å². The molecule has 0 aliphatic rings. The zero-order valence-corrected chi connectivity index (χ0v) is 11.3. The number of carbonyl (C=O) groups is 1. The average molecular weight is 250 g/mol. The molecule has 0 aliphatic heterocycles. The third kappa shape index (κ3) is 4.75. The number of anilines is 1. The lowest BCUT2D eigenvalue weighted by atomic mass is 10.1. The van der Waals surface area contributed by atoms with Crippen molar-refractivity contribution in [2.75, 3.05) is 11.9 Å². The molecule has 0 radical (unpaired) electrons. The number of nitrogens with one attached hydrogen (secondary N) is 1. The van der Waals surface area contributed by atoms with Gasteiger partial charge in [-0.15, -0.1) is 0 Å². The molecule has 1 amide bonds. The molecular formula is C14H22N2O2. The van der Waals surface area contributed by atoms with E-state index in [2.05, 4.69) is 5.32 Å². The number of aryl methyl sites for hydroxylation is 1. The molecule has 100 valence electrons. The molecule has 0 spiro atoms. The predicted molar refractivity (Wildman–Crippen MR) is 73.9 cm³/mol. The maximum atomic E-state index is 11.2.